The normalized spacial score (nSPS) is 26.2. The Labute approximate surface area is 95.5 Å². The summed E-state index contributed by atoms with van der Waals surface area (Å²) in [5.41, 5.74) is 0. The number of carbonyl (C=O) groups excluding carboxylic acids is 1. The molecule has 0 radical (unpaired) electrons. The Kier molecular flexibility index (Phi) is 4.00. The highest BCUT2D eigenvalue weighted by molar-refractivity contribution is 7.91. The van der Waals surface area contributed by atoms with Crippen LogP contribution in [0.2, 0.25) is 0 Å². The zero-order chi connectivity index (χ0) is 11.6. The molecule has 0 bridgehead atoms. The summed E-state index contributed by atoms with van der Waals surface area (Å²) in [6.45, 7) is 1.75. The Hall–Kier alpha value is -0.290. The van der Waals surface area contributed by atoms with Crippen molar-refractivity contribution in [2.24, 2.45) is 5.92 Å². The molecule has 1 saturated heterocycles. The second-order valence-electron chi connectivity index (χ2n) is 4.06. The van der Waals surface area contributed by atoms with Crippen LogP contribution in [0, 0.1) is 5.92 Å². The summed E-state index contributed by atoms with van der Waals surface area (Å²) in [4.78, 5) is 13.2. The van der Waals surface area contributed by atoms with Crippen LogP contribution < -0.4 is 0 Å². The third-order valence-corrected chi connectivity index (χ3v) is 4.97. The third kappa shape index (κ3) is 3.08. The van der Waals surface area contributed by atoms with Gasteiger partial charge in [0.15, 0.2) is 9.84 Å². The Morgan fingerprint density at radius 1 is 1.60 bits per heavy atom. The number of nitrogens with zero attached hydrogens (tertiary/aromatic N) is 1. The molecule has 0 saturated carbocycles. The standard InChI is InChI=1S/C9H16ClNO3S/c1-7(5-10)9(12)11(2)8-3-4-15(13,14)6-8/h7-8H,3-6H2,1-2H3. The van der Waals surface area contributed by atoms with Crippen LogP contribution in [-0.4, -0.2) is 49.7 Å². The summed E-state index contributed by atoms with van der Waals surface area (Å²) in [5.74, 6) is 0.212. The van der Waals surface area contributed by atoms with E-state index >= 15 is 0 Å². The van der Waals surface area contributed by atoms with Crippen LogP contribution in [0.1, 0.15) is 13.3 Å². The third-order valence-electron chi connectivity index (χ3n) is 2.76. The van der Waals surface area contributed by atoms with Crippen molar-refractivity contribution in [2.75, 3.05) is 24.4 Å². The van der Waals surface area contributed by atoms with Gasteiger partial charge in [0.05, 0.1) is 11.5 Å². The van der Waals surface area contributed by atoms with E-state index in [1.54, 1.807) is 14.0 Å². The number of amides is 1. The van der Waals surface area contributed by atoms with Crippen LogP contribution in [0.15, 0.2) is 0 Å². The van der Waals surface area contributed by atoms with Crippen LogP contribution in [0.4, 0.5) is 0 Å². The average Bonchev–Trinajstić information content (AvgIpc) is 2.55. The van der Waals surface area contributed by atoms with E-state index < -0.39 is 9.84 Å². The fourth-order valence-electron chi connectivity index (χ4n) is 1.67. The van der Waals surface area contributed by atoms with E-state index in [0.29, 0.717) is 6.42 Å². The molecule has 1 aliphatic rings. The van der Waals surface area contributed by atoms with Gasteiger partial charge < -0.3 is 4.90 Å². The average molecular weight is 254 g/mol. The topological polar surface area (TPSA) is 54.5 Å². The Morgan fingerprint density at radius 3 is 2.60 bits per heavy atom. The zero-order valence-corrected chi connectivity index (χ0v) is 10.5. The molecular formula is C9H16ClNO3S. The number of carbonyl (C=O) groups is 1. The maximum absolute atomic E-state index is 11.7. The zero-order valence-electron chi connectivity index (χ0n) is 8.94. The van der Waals surface area contributed by atoms with Crippen molar-refractivity contribution >= 4 is 27.3 Å². The van der Waals surface area contributed by atoms with E-state index in [1.165, 1.54) is 4.90 Å². The first kappa shape index (κ1) is 12.8. The van der Waals surface area contributed by atoms with Crippen LogP contribution in [0.3, 0.4) is 0 Å². The van der Waals surface area contributed by atoms with Gasteiger partial charge in [0.2, 0.25) is 5.91 Å². The van der Waals surface area contributed by atoms with Crippen LogP contribution in [0.5, 0.6) is 0 Å². The molecule has 0 aliphatic carbocycles. The van der Waals surface area contributed by atoms with Gasteiger partial charge in [0.25, 0.3) is 0 Å². The molecule has 1 aliphatic heterocycles. The predicted octanol–water partition coefficient (Wildman–Crippen LogP) is 0.507. The first-order valence-electron chi connectivity index (χ1n) is 4.90. The van der Waals surface area contributed by atoms with Gasteiger partial charge in [0, 0.05) is 24.9 Å². The highest BCUT2D eigenvalue weighted by atomic mass is 35.5. The number of alkyl halides is 1. The van der Waals surface area contributed by atoms with Gasteiger partial charge in [-0.25, -0.2) is 8.42 Å². The summed E-state index contributed by atoms with van der Waals surface area (Å²) in [6, 6.07) is -0.173. The number of rotatable bonds is 3. The minimum atomic E-state index is -2.93. The molecule has 2 unspecified atom stereocenters. The van der Waals surface area contributed by atoms with E-state index in [-0.39, 0.29) is 35.3 Å². The minimum absolute atomic E-state index is 0.0768. The molecule has 0 aromatic rings. The van der Waals surface area contributed by atoms with Crippen molar-refractivity contribution in [2.45, 2.75) is 19.4 Å². The predicted molar refractivity (Wildman–Crippen MR) is 59.7 cm³/mol. The summed E-state index contributed by atoms with van der Waals surface area (Å²) < 4.78 is 22.5. The molecule has 1 rings (SSSR count). The van der Waals surface area contributed by atoms with Crippen molar-refractivity contribution < 1.29 is 13.2 Å². The fraction of sp³-hybridized carbons (Fsp3) is 0.889. The lowest BCUT2D eigenvalue weighted by atomic mass is 10.1. The molecule has 1 amide bonds. The number of hydrogen-bond acceptors (Lipinski definition) is 3. The maximum atomic E-state index is 11.7. The second kappa shape index (κ2) is 4.70. The lowest BCUT2D eigenvalue weighted by Crippen LogP contribution is -2.41. The number of halogens is 1. The minimum Gasteiger partial charge on any atom is -0.341 e. The second-order valence-corrected chi connectivity index (χ2v) is 6.60. The van der Waals surface area contributed by atoms with Crippen molar-refractivity contribution in [1.29, 1.82) is 0 Å². The van der Waals surface area contributed by atoms with E-state index in [9.17, 15) is 13.2 Å². The van der Waals surface area contributed by atoms with E-state index in [2.05, 4.69) is 0 Å². The molecule has 1 fully saturated rings. The van der Waals surface area contributed by atoms with Crippen molar-refractivity contribution in [3.8, 4) is 0 Å². The molecule has 0 aromatic carbocycles. The Morgan fingerprint density at radius 2 is 2.20 bits per heavy atom. The smallest absolute Gasteiger partial charge is 0.226 e. The van der Waals surface area contributed by atoms with Gasteiger partial charge in [-0.2, -0.15) is 0 Å². The highest BCUT2D eigenvalue weighted by Crippen LogP contribution is 2.18. The molecule has 88 valence electrons. The highest BCUT2D eigenvalue weighted by Gasteiger charge is 2.33. The molecule has 0 N–H and O–H groups in total. The quantitative estimate of drug-likeness (QED) is 0.689. The fourth-order valence-corrected chi connectivity index (χ4v) is 3.58. The van der Waals surface area contributed by atoms with Crippen LogP contribution in [0.25, 0.3) is 0 Å². The molecule has 1 heterocycles. The summed E-state index contributed by atoms with van der Waals surface area (Å²) in [6.07, 6.45) is 0.541. The first-order valence-corrected chi connectivity index (χ1v) is 7.26. The maximum Gasteiger partial charge on any atom is 0.226 e. The lowest BCUT2D eigenvalue weighted by Gasteiger charge is -2.25. The molecule has 6 heteroatoms. The van der Waals surface area contributed by atoms with Gasteiger partial charge in [-0.1, -0.05) is 6.92 Å². The van der Waals surface area contributed by atoms with Gasteiger partial charge in [-0.3, -0.25) is 4.79 Å². The molecule has 15 heavy (non-hydrogen) atoms. The number of sulfone groups is 1. The summed E-state index contributed by atoms with van der Waals surface area (Å²) in [5, 5.41) is 0. The van der Waals surface area contributed by atoms with Crippen molar-refractivity contribution in [1.82, 2.24) is 4.90 Å². The summed E-state index contributed by atoms with van der Waals surface area (Å²) in [7, 11) is -1.28. The van der Waals surface area contributed by atoms with Crippen LogP contribution in [-0.2, 0) is 14.6 Å². The number of hydrogen-bond donors (Lipinski definition) is 0. The Balaban J connectivity index is 2.63. The van der Waals surface area contributed by atoms with Gasteiger partial charge >= 0.3 is 0 Å². The van der Waals surface area contributed by atoms with Gasteiger partial charge in [0.1, 0.15) is 0 Å². The molecular weight excluding hydrogens is 238 g/mol. The lowest BCUT2D eigenvalue weighted by molar-refractivity contribution is -0.134. The van der Waals surface area contributed by atoms with E-state index in [1.807, 2.05) is 0 Å². The van der Waals surface area contributed by atoms with E-state index in [4.69, 9.17) is 11.6 Å². The SMILES string of the molecule is CC(CCl)C(=O)N(C)C1CCS(=O)(=O)C1. The van der Waals surface area contributed by atoms with Crippen molar-refractivity contribution in [3.63, 3.8) is 0 Å². The molecule has 0 aromatic heterocycles. The van der Waals surface area contributed by atoms with Gasteiger partial charge in [-0.05, 0) is 6.42 Å². The van der Waals surface area contributed by atoms with Crippen molar-refractivity contribution in [3.05, 3.63) is 0 Å². The molecule has 4 nitrogen and oxygen atoms in total. The largest absolute Gasteiger partial charge is 0.341 e. The van der Waals surface area contributed by atoms with Gasteiger partial charge in [-0.15, -0.1) is 11.6 Å². The first-order chi connectivity index (χ1) is 6.87. The summed E-state index contributed by atoms with van der Waals surface area (Å²) >= 11 is 5.59. The molecule has 2 atom stereocenters. The molecule has 0 spiro atoms. The van der Waals surface area contributed by atoms with Crippen LogP contribution >= 0.6 is 11.6 Å². The Bertz CT molecular complexity index is 341. The monoisotopic (exact) mass is 253 g/mol. The van der Waals surface area contributed by atoms with E-state index in [0.717, 1.165) is 0 Å².